The van der Waals surface area contributed by atoms with Gasteiger partial charge >= 0.3 is 0 Å². The Morgan fingerprint density at radius 3 is 2.17 bits per heavy atom. The fourth-order valence-electron chi connectivity index (χ4n) is 4.00. The largest absolute Gasteiger partial charge is 0.494 e. The highest BCUT2D eigenvalue weighted by atomic mass is 79.9. The van der Waals surface area contributed by atoms with Crippen molar-refractivity contribution in [3.8, 4) is 5.75 Å². The lowest BCUT2D eigenvalue weighted by molar-refractivity contribution is -0.140. The summed E-state index contributed by atoms with van der Waals surface area (Å²) in [5.74, 6) is -1.14. The second-order valence-corrected chi connectivity index (χ2v) is 13.2. The zero-order valence-electron chi connectivity index (χ0n) is 23.7. The van der Waals surface area contributed by atoms with Crippen molar-refractivity contribution in [3.05, 3.63) is 88.6 Å². The van der Waals surface area contributed by atoms with Crippen molar-refractivity contribution in [3.63, 3.8) is 0 Å². The van der Waals surface area contributed by atoms with Gasteiger partial charge in [-0.05, 0) is 89.2 Å². The Labute approximate surface area is 249 Å². The summed E-state index contributed by atoms with van der Waals surface area (Å²) in [6.45, 7) is 8.34. The average molecular weight is 649 g/mol. The highest BCUT2D eigenvalue weighted by Gasteiger charge is 2.33. The maximum absolute atomic E-state index is 14.7. The Bertz CT molecular complexity index is 1460. The summed E-state index contributed by atoms with van der Waals surface area (Å²) in [7, 11) is -4.23. The van der Waals surface area contributed by atoms with Crippen LogP contribution in [0.25, 0.3) is 0 Å². The average Bonchev–Trinajstić information content (AvgIpc) is 2.90. The van der Waals surface area contributed by atoms with Crippen LogP contribution in [-0.4, -0.2) is 49.9 Å². The quantitative estimate of drug-likeness (QED) is 0.296. The number of ether oxygens (including phenoxy) is 1. The van der Waals surface area contributed by atoms with Crippen LogP contribution in [0, 0.1) is 5.82 Å². The minimum Gasteiger partial charge on any atom is -0.494 e. The van der Waals surface area contributed by atoms with Crippen molar-refractivity contribution in [2.45, 2.75) is 57.6 Å². The number of hydrogen-bond acceptors (Lipinski definition) is 5. The summed E-state index contributed by atoms with van der Waals surface area (Å²) in [6, 6.07) is 17.3. The van der Waals surface area contributed by atoms with Crippen LogP contribution in [-0.2, 0) is 26.2 Å². The van der Waals surface area contributed by atoms with E-state index in [-0.39, 0.29) is 22.7 Å². The number of carbonyl (C=O) groups excluding carboxylic acids is 2. The zero-order valence-corrected chi connectivity index (χ0v) is 26.1. The molecule has 11 heteroatoms. The zero-order chi connectivity index (χ0) is 30.4. The molecule has 3 aromatic carbocycles. The van der Waals surface area contributed by atoms with Crippen molar-refractivity contribution in [2.24, 2.45) is 0 Å². The summed E-state index contributed by atoms with van der Waals surface area (Å²) >= 11 is 3.31. The van der Waals surface area contributed by atoms with E-state index in [0.29, 0.717) is 16.8 Å². The van der Waals surface area contributed by atoms with E-state index < -0.39 is 45.8 Å². The molecular weight excluding hydrogens is 613 g/mol. The second-order valence-electron chi connectivity index (χ2n) is 10.4. The smallest absolute Gasteiger partial charge is 0.264 e. The first-order valence-corrected chi connectivity index (χ1v) is 15.3. The monoisotopic (exact) mass is 647 g/mol. The summed E-state index contributed by atoms with van der Waals surface area (Å²) in [5, 5.41) is 2.84. The van der Waals surface area contributed by atoms with Crippen LogP contribution < -0.4 is 14.4 Å². The molecule has 2 amide bonds. The molecule has 0 aliphatic rings. The number of benzene rings is 3. The van der Waals surface area contributed by atoms with E-state index >= 15 is 0 Å². The normalized spacial score (nSPS) is 12.4. The van der Waals surface area contributed by atoms with Crippen LogP contribution in [0.15, 0.2) is 82.2 Å². The fourth-order valence-corrected chi connectivity index (χ4v) is 5.68. The number of anilines is 1. The van der Waals surface area contributed by atoms with E-state index in [1.807, 2.05) is 6.92 Å². The van der Waals surface area contributed by atoms with Crippen molar-refractivity contribution in [1.82, 2.24) is 10.2 Å². The Morgan fingerprint density at radius 2 is 1.61 bits per heavy atom. The third-order valence-corrected chi connectivity index (χ3v) is 8.40. The van der Waals surface area contributed by atoms with Crippen LogP contribution in [0.1, 0.15) is 40.2 Å². The topological polar surface area (TPSA) is 96.0 Å². The summed E-state index contributed by atoms with van der Waals surface area (Å²) in [5.41, 5.74) is -0.167. The minimum absolute atomic E-state index is 0.0263. The summed E-state index contributed by atoms with van der Waals surface area (Å²) < 4.78 is 49.6. The van der Waals surface area contributed by atoms with Crippen LogP contribution >= 0.6 is 15.9 Å². The first-order chi connectivity index (χ1) is 19.2. The fraction of sp³-hybridized carbons (Fsp3) is 0.333. The van der Waals surface area contributed by atoms with Crippen LogP contribution in [0.3, 0.4) is 0 Å². The van der Waals surface area contributed by atoms with Gasteiger partial charge in [-0.3, -0.25) is 13.9 Å². The second kappa shape index (κ2) is 13.5. The highest BCUT2D eigenvalue weighted by Crippen LogP contribution is 2.27. The van der Waals surface area contributed by atoms with Gasteiger partial charge < -0.3 is 15.0 Å². The molecule has 41 heavy (non-hydrogen) atoms. The first kappa shape index (κ1) is 32.1. The third kappa shape index (κ3) is 8.53. The molecule has 0 radical (unpaired) electrons. The van der Waals surface area contributed by atoms with Gasteiger partial charge in [0.05, 0.1) is 17.2 Å². The predicted molar refractivity (Wildman–Crippen MR) is 161 cm³/mol. The van der Waals surface area contributed by atoms with Gasteiger partial charge in [-0.2, -0.15) is 0 Å². The van der Waals surface area contributed by atoms with Crippen molar-refractivity contribution in [1.29, 1.82) is 0 Å². The third-order valence-electron chi connectivity index (χ3n) is 6.08. The van der Waals surface area contributed by atoms with Gasteiger partial charge in [0.1, 0.15) is 24.2 Å². The molecule has 0 saturated carbocycles. The van der Waals surface area contributed by atoms with Crippen molar-refractivity contribution in [2.75, 3.05) is 17.5 Å². The van der Waals surface area contributed by atoms with E-state index in [0.717, 1.165) is 4.31 Å². The van der Waals surface area contributed by atoms with Gasteiger partial charge in [-0.15, -0.1) is 0 Å². The number of sulfonamides is 1. The number of rotatable bonds is 11. The molecule has 3 rings (SSSR count). The molecule has 8 nitrogen and oxygen atoms in total. The molecule has 0 unspecified atom stereocenters. The Balaban J connectivity index is 2.05. The van der Waals surface area contributed by atoms with Gasteiger partial charge in [-0.1, -0.05) is 34.1 Å². The van der Waals surface area contributed by atoms with Crippen molar-refractivity contribution < 1.29 is 27.1 Å². The van der Waals surface area contributed by atoms with E-state index in [1.54, 1.807) is 63.2 Å². The van der Waals surface area contributed by atoms with Crippen LogP contribution in [0.4, 0.5) is 10.1 Å². The van der Waals surface area contributed by atoms with E-state index in [9.17, 15) is 22.4 Å². The Kier molecular flexibility index (Phi) is 10.5. The van der Waals surface area contributed by atoms with Crippen LogP contribution in [0.5, 0.6) is 5.75 Å². The van der Waals surface area contributed by atoms with Gasteiger partial charge in [-0.25, -0.2) is 12.8 Å². The van der Waals surface area contributed by atoms with Crippen molar-refractivity contribution >= 4 is 43.5 Å². The molecule has 0 spiro atoms. The highest BCUT2D eigenvalue weighted by molar-refractivity contribution is 9.10. The van der Waals surface area contributed by atoms with E-state index in [2.05, 4.69) is 21.2 Å². The maximum Gasteiger partial charge on any atom is 0.264 e. The Hall–Kier alpha value is -3.44. The van der Waals surface area contributed by atoms with Gasteiger partial charge in [0.15, 0.2) is 0 Å². The molecule has 0 saturated heterocycles. The SMILES string of the molecule is CCOc1ccc(N(CC(=O)N(Cc2ccccc2F)[C@H](C)C(=O)NC(C)(C)C)S(=O)(=O)c2ccc(Br)cc2)cc1. The molecule has 1 atom stereocenters. The molecular formula is C30H35BrFN3O5S. The van der Waals surface area contributed by atoms with E-state index in [4.69, 9.17) is 4.74 Å². The molecule has 220 valence electrons. The molecule has 0 aliphatic heterocycles. The van der Waals surface area contributed by atoms with Gasteiger partial charge in [0.25, 0.3) is 10.0 Å². The number of nitrogens with zero attached hydrogens (tertiary/aromatic N) is 2. The molecule has 0 aliphatic carbocycles. The maximum atomic E-state index is 14.7. The summed E-state index contributed by atoms with van der Waals surface area (Å²) in [6.07, 6.45) is 0. The summed E-state index contributed by atoms with van der Waals surface area (Å²) in [4.78, 5) is 28.2. The first-order valence-electron chi connectivity index (χ1n) is 13.1. The van der Waals surface area contributed by atoms with Gasteiger partial charge in [0, 0.05) is 22.1 Å². The Morgan fingerprint density at radius 1 is 1.00 bits per heavy atom. The lowest BCUT2D eigenvalue weighted by Gasteiger charge is -2.33. The number of nitrogens with one attached hydrogen (secondary N) is 1. The van der Waals surface area contributed by atoms with E-state index in [1.165, 1.54) is 42.2 Å². The number of carbonyl (C=O) groups is 2. The number of halogens is 2. The molecule has 0 aromatic heterocycles. The lowest BCUT2D eigenvalue weighted by Crippen LogP contribution is -2.54. The lowest BCUT2D eigenvalue weighted by atomic mass is 10.1. The predicted octanol–water partition coefficient (Wildman–Crippen LogP) is 5.51. The van der Waals surface area contributed by atoms with Crippen LogP contribution in [0.2, 0.25) is 0 Å². The molecule has 3 aromatic rings. The molecule has 0 bridgehead atoms. The molecule has 0 fully saturated rings. The van der Waals surface area contributed by atoms with Gasteiger partial charge in [0.2, 0.25) is 11.8 Å². The molecule has 0 heterocycles. The standard InChI is InChI=1S/C30H35BrFN3O5S/c1-6-40-25-15-13-24(14-16-25)35(41(38,39)26-17-11-23(31)12-18-26)20-28(36)34(19-22-9-7-8-10-27(22)32)21(2)29(37)33-30(3,4)5/h7-18,21H,6,19-20H2,1-5H3,(H,33,37)/t21-/m1/s1. The number of amides is 2. The number of hydrogen-bond donors (Lipinski definition) is 1. The minimum atomic E-state index is -4.23. The molecule has 1 N–H and O–H groups in total.